The third-order valence-corrected chi connectivity index (χ3v) is 3.41. The van der Waals surface area contributed by atoms with E-state index in [4.69, 9.17) is 9.84 Å². The molecule has 21 heavy (non-hydrogen) atoms. The fourth-order valence-corrected chi connectivity index (χ4v) is 2.03. The quantitative estimate of drug-likeness (QED) is 0.741. The van der Waals surface area contributed by atoms with Crippen molar-refractivity contribution in [3.05, 3.63) is 18.0 Å². The third-order valence-electron chi connectivity index (χ3n) is 3.41. The van der Waals surface area contributed by atoms with Gasteiger partial charge < -0.3 is 15.2 Å². The average Bonchev–Trinajstić information content (AvgIpc) is 2.97. The van der Waals surface area contributed by atoms with Gasteiger partial charge >= 0.3 is 5.97 Å². The van der Waals surface area contributed by atoms with Crippen LogP contribution in [0.15, 0.2) is 12.3 Å². The summed E-state index contributed by atoms with van der Waals surface area (Å²) in [7, 11) is 0. The van der Waals surface area contributed by atoms with E-state index in [1.165, 1.54) is 23.9 Å². The zero-order valence-corrected chi connectivity index (χ0v) is 12.0. The molecule has 0 aromatic carbocycles. The minimum atomic E-state index is -0.989. The molecule has 2 heterocycles. The van der Waals surface area contributed by atoms with Crippen molar-refractivity contribution in [2.24, 2.45) is 0 Å². The van der Waals surface area contributed by atoms with Crippen LogP contribution in [-0.2, 0) is 9.53 Å². The van der Waals surface area contributed by atoms with Gasteiger partial charge in [-0.25, -0.2) is 4.79 Å². The van der Waals surface area contributed by atoms with Crippen molar-refractivity contribution in [1.82, 2.24) is 20.0 Å². The van der Waals surface area contributed by atoms with Crippen LogP contribution in [0.4, 0.5) is 0 Å². The molecule has 0 spiro atoms. The van der Waals surface area contributed by atoms with Gasteiger partial charge in [0.15, 0.2) is 0 Å². The Labute approximate surface area is 122 Å². The molecular weight excluding hydrogens is 276 g/mol. The molecule has 0 saturated carbocycles. The van der Waals surface area contributed by atoms with Gasteiger partial charge in [0.25, 0.3) is 5.91 Å². The molecule has 1 aliphatic rings. The van der Waals surface area contributed by atoms with Crippen LogP contribution in [0.5, 0.6) is 0 Å². The van der Waals surface area contributed by atoms with Crippen molar-refractivity contribution >= 4 is 11.9 Å². The molecule has 1 aromatic rings. The molecule has 1 aromatic heterocycles. The molecule has 1 saturated heterocycles. The molecule has 0 radical (unpaired) electrons. The zero-order chi connectivity index (χ0) is 15.2. The second-order valence-corrected chi connectivity index (χ2v) is 4.91. The van der Waals surface area contributed by atoms with Gasteiger partial charge in [-0.3, -0.25) is 14.4 Å². The molecule has 1 unspecified atom stereocenters. The Morgan fingerprint density at radius 1 is 1.48 bits per heavy atom. The van der Waals surface area contributed by atoms with Crippen molar-refractivity contribution in [3.63, 3.8) is 0 Å². The molecule has 0 aliphatic carbocycles. The van der Waals surface area contributed by atoms with Crippen LogP contribution in [0.2, 0.25) is 0 Å². The smallest absolute Gasteiger partial charge is 0.328 e. The molecule has 1 atom stereocenters. The predicted octanol–water partition coefficient (Wildman–Crippen LogP) is -0.409. The highest BCUT2D eigenvalue weighted by Gasteiger charge is 2.17. The van der Waals surface area contributed by atoms with Crippen molar-refractivity contribution in [2.75, 3.05) is 39.4 Å². The van der Waals surface area contributed by atoms with E-state index in [0.29, 0.717) is 6.54 Å². The van der Waals surface area contributed by atoms with Crippen LogP contribution >= 0.6 is 0 Å². The number of amides is 1. The highest BCUT2D eigenvalue weighted by molar-refractivity contribution is 5.92. The minimum absolute atomic E-state index is 0.227. The number of hydrogen-bond donors (Lipinski definition) is 2. The number of nitrogens with one attached hydrogen (secondary N) is 1. The van der Waals surface area contributed by atoms with Crippen LogP contribution in [0.3, 0.4) is 0 Å². The van der Waals surface area contributed by atoms with E-state index >= 15 is 0 Å². The number of rotatable bonds is 6. The lowest BCUT2D eigenvalue weighted by molar-refractivity contribution is -0.140. The number of aromatic nitrogens is 2. The van der Waals surface area contributed by atoms with Gasteiger partial charge in [-0.15, -0.1) is 0 Å². The summed E-state index contributed by atoms with van der Waals surface area (Å²) >= 11 is 0. The van der Waals surface area contributed by atoms with E-state index in [1.807, 2.05) is 0 Å². The molecule has 2 N–H and O–H groups in total. The lowest BCUT2D eigenvalue weighted by atomic mass is 10.3. The number of hydrogen-bond acceptors (Lipinski definition) is 5. The van der Waals surface area contributed by atoms with Gasteiger partial charge in [0.05, 0.1) is 13.2 Å². The summed E-state index contributed by atoms with van der Waals surface area (Å²) in [5.41, 5.74) is 0.227. The third kappa shape index (κ3) is 4.27. The second kappa shape index (κ2) is 7.19. The molecular formula is C13H20N4O4. The van der Waals surface area contributed by atoms with Crippen molar-refractivity contribution in [3.8, 4) is 0 Å². The van der Waals surface area contributed by atoms with E-state index in [2.05, 4.69) is 15.3 Å². The summed E-state index contributed by atoms with van der Waals surface area (Å²) in [5.74, 6) is -1.28. The molecule has 2 rings (SSSR count). The maximum Gasteiger partial charge on any atom is 0.328 e. The van der Waals surface area contributed by atoms with E-state index in [1.54, 1.807) is 0 Å². The maximum atomic E-state index is 11.9. The fourth-order valence-electron chi connectivity index (χ4n) is 2.03. The standard InChI is InChI=1S/C13H20N4O4/c1-10(13(19)20)17-4-2-11(15-17)12(18)14-3-5-16-6-8-21-9-7-16/h2,4,10H,3,5-9H2,1H3,(H,14,18)(H,19,20). The number of nitrogens with zero attached hydrogens (tertiary/aromatic N) is 3. The van der Waals surface area contributed by atoms with Gasteiger partial charge in [0.1, 0.15) is 11.7 Å². The number of morpholine rings is 1. The Kier molecular flexibility index (Phi) is 5.29. The van der Waals surface area contributed by atoms with Crippen LogP contribution < -0.4 is 5.32 Å². The Morgan fingerprint density at radius 3 is 2.86 bits per heavy atom. The van der Waals surface area contributed by atoms with E-state index < -0.39 is 12.0 Å². The fraction of sp³-hybridized carbons (Fsp3) is 0.615. The molecule has 1 fully saturated rings. The van der Waals surface area contributed by atoms with Crippen LogP contribution in [-0.4, -0.2) is 71.1 Å². The summed E-state index contributed by atoms with van der Waals surface area (Å²) < 4.78 is 6.51. The van der Waals surface area contributed by atoms with E-state index in [9.17, 15) is 9.59 Å². The average molecular weight is 296 g/mol. The Balaban J connectivity index is 1.79. The highest BCUT2D eigenvalue weighted by atomic mass is 16.5. The predicted molar refractivity (Wildman–Crippen MR) is 74.2 cm³/mol. The number of carbonyl (C=O) groups is 2. The van der Waals surface area contributed by atoms with Crippen LogP contribution in [0.25, 0.3) is 0 Å². The number of aliphatic carboxylic acids is 1. The highest BCUT2D eigenvalue weighted by Crippen LogP contribution is 2.05. The topological polar surface area (TPSA) is 96.7 Å². The molecule has 1 amide bonds. The first kappa shape index (κ1) is 15.5. The number of carbonyl (C=O) groups excluding carboxylic acids is 1. The van der Waals surface area contributed by atoms with Gasteiger partial charge in [-0.2, -0.15) is 5.10 Å². The van der Waals surface area contributed by atoms with Gasteiger partial charge in [-0.1, -0.05) is 0 Å². The number of ether oxygens (including phenoxy) is 1. The monoisotopic (exact) mass is 296 g/mol. The summed E-state index contributed by atoms with van der Waals surface area (Å²) in [6, 6.07) is 0.726. The molecule has 8 nitrogen and oxygen atoms in total. The maximum absolute atomic E-state index is 11.9. The molecule has 1 aliphatic heterocycles. The van der Waals surface area contributed by atoms with Crippen molar-refractivity contribution < 1.29 is 19.4 Å². The zero-order valence-electron chi connectivity index (χ0n) is 12.0. The number of carboxylic acid groups (broad SMARTS) is 1. The lowest BCUT2D eigenvalue weighted by Gasteiger charge is -2.26. The van der Waals surface area contributed by atoms with Crippen LogP contribution in [0, 0.1) is 0 Å². The first-order valence-electron chi connectivity index (χ1n) is 6.94. The molecule has 8 heteroatoms. The Bertz CT molecular complexity index is 496. The largest absolute Gasteiger partial charge is 0.480 e. The summed E-state index contributed by atoms with van der Waals surface area (Å²) in [5, 5.41) is 15.7. The van der Waals surface area contributed by atoms with E-state index in [-0.39, 0.29) is 11.6 Å². The van der Waals surface area contributed by atoms with Gasteiger partial charge in [0.2, 0.25) is 0 Å². The van der Waals surface area contributed by atoms with E-state index in [0.717, 1.165) is 32.8 Å². The second-order valence-electron chi connectivity index (χ2n) is 4.91. The summed E-state index contributed by atoms with van der Waals surface area (Å²) in [6.07, 6.45) is 1.50. The summed E-state index contributed by atoms with van der Waals surface area (Å²) in [4.78, 5) is 25.0. The lowest BCUT2D eigenvalue weighted by Crippen LogP contribution is -2.41. The molecule has 116 valence electrons. The van der Waals surface area contributed by atoms with Crippen LogP contribution in [0.1, 0.15) is 23.5 Å². The normalized spacial score (nSPS) is 17.4. The Hall–Kier alpha value is -1.93. The van der Waals surface area contributed by atoms with Gasteiger partial charge in [-0.05, 0) is 13.0 Å². The van der Waals surface area contributed by atoms with Crippen molar-refractivity contribution in [2.45, 2.75) is 13.0 Å². The van der Waals surface area contributed by atoms with Crippen molar-refractivity contribution in [1.29, 1.82) is 0 Å². The first-order chi connectivity index (χ1) is 10.1. The summed E-state index contributed by atoms with van der Waals surface area (Å²) in [6.45, 7) is 6.01. The van der Waals surface area contributed by atoms with Gasteiger partial charge in [0, 0.05) is 32.4 Å². The molecule has 0 bridgehead atoms. The number of carboxylic acids is 1. The minimum Gasteiger partial charge on any atom is -0.480 e. The first-order valence-corrected chi connectivity index (χ1v) is 6.94. The Morgan fingerprint density at radius 2 is 2.19 bits per heavy atom. The SMILES string of the molecule is CC(C(=O)O)n1ccc(C(=O)NCCN2CCOCC2)n1.